The molecule has 0 saturated heterocycles. The van der Waals surface area contributed by atoms with Gasteiger partial charge in [0.15, 0.2) is 0 Å². The molecule has 1 heterocycles. The summed E-state index contributed by atoms with van der Waals surface area (Å²) < 4.78 is 0. The largest absolute Gasteiger partial charge is 0.356 e. The number of anilines is 1. The minimum atomic E-state index is -0.00691. The highest BCUT2D eigenvalue weighted by Crippen LogP contribution is 2.46. The van der Waals surface area contributed by atoms with Crippen molar-refractivity contribution in [3.8, 4) is 0 Å². The summed E-state index contributed by atoms with van der Waals surface area (Å²) >= 11 is 0. The molecule has 27 heavy (non-hydrogen) atoms. The quantitative estimate of drug-likeness (QED) is 0.699. The maximum Gasteiger partial charge on any atom is 0.135 e. The standard InChI is InChI=1S/C24H33N3/c1-6-13-27(15-19-8-9-19)23-20-11-12-24(5,22(20)25-18(4)26-23)21-10-7-16(2)14-17(21)3/h7,10,14,19H,6,8-9,11-13,15H2,1-5H3. The smallest absolute Gasteiger partial charge is 0.135 e. The van der Waals surface area contributed by atoms with Crippen molar-refractivity contribution < 1.29 is 0 Å². The van der Waals surface area contributed by atoms with E-state index in [-0.39, 0.29) is 5.41 Å². The SMILES string of the molecule is CCCN(CC1CC1)c1nc(C)nc2c1CCC2(C)c1ccc(C)cc1C. The van der Waals surface area contributed by atoms with Crippen molar-refractivity contribution in [1.82, 2.24) is 9.97 Å². The van der Waals surface area contributed by atoms with Gasteiger partial charge in [0.25, 0.3) is 0 Å². The minimum absolute atomic E-state index is 0.00691. The zero-order valence-corrected chi connectivity index (χ0v) is 17.6. The van der Waals surface area contributed by atoms with Crippen LogP contribution in [0.1, 0.15) is 73.3 Å². The van der Waals surface area contributed by atoms with Crippen LogP contribution in [0.15, 0.2) is 18.2 Å². The summed E-state index contributed by atoms with van der Waals surface area (Å²) in [5, 5.41) is 0. The van der Waals surface area contributed by atoms with E-state index in [9.17, 15) is 0 Å². The molecule has 144 valence electrons. The fourth-order valence-electron chi connectivity index (χ4n) is 4.88. The Balaban J connectivity index is 1.80. The Morgan fingerprint density at radius 3 is 2.59 bits per heavy atom. The van der Waals surface area contributed by atoms with Crippen molar-refractivity contribution in [3.05, 3.63) is 52.0 Å². The molecule has 1 fully saturated rings. The van der Waals surface area contributed by atoms with E-state index < -0.39 is 0 Å². The van der Waals surface area contributed by atoms with Crippen molar-refractivity contribution >= 4 is 5.82 Å². The molecule has 0 radical (unpaired) electrons. The molecule has 0 spiro atoms. The predicted molar refractivity (Wildman–Crippen MR) is 113 cm³/mol. The number of rotatable bonds is 6. The fraction of sp³-hybridized carbons (Fsp3) is 0.583. The number of benzene rings is 1. The van der Waals surface area contributed by atoms with Crippen LogP contribution < -0.4 is 4.90 Å². The number of nitrogens with zero attached hydrogens (tertiary/aromatic N) is 3. The van der Waals surface area contributed by atoms with Crippen molar-refractivity contribution in [2.75, 3.05) is 18.0 Å². The molecule has 2 aliphatic carbocycles. The Labute approximate surface area is 164 Å². The first kappa shape index (κ1) is 18.5. The molecule has 1 unspecified atom stereocenters. The molecular weight excluding hydrogens is 330 g/mol. The molecule has 3 nitrogen and oxygen atoms in total. The summed E-state index contributed by atoms with van der Waals surface area (Å²) in [7, 11) is 0. The third-order valence-electron chi connectivity index (χ3n) is 6.44. The van der Waals surface area contributed by atoms with Crippen molar-refractivity contribution in [2.24, 2.45) is 5.92 Å². The second kappa shape index (κ2) is 6.92. The van der Waals surface area contributed by atoms with Crippen LogP contribution >= 0.6 is 0 Å². The first-order chi connectivity index (χ1) is 12.9. The van der Waals surface area contributed by atoms with Crippen LogP contribution in [0.2, 0.25) is 0 Å². The van der Waals surface area contributed by atoms with Gasteiger partial charge in [-0.2, -0.15) is 0 Å². The van der Waals surface area contributed by atoms with Crippen molar-refractivity contribution in [3.63, 3.8) is 0 Å². The molecule has 1 aromatic heterocycles. The maximum atomic E-state index is 5.01. The van der Waals surface area contributed by atoms with Gasteiger partial charge in [-0.25, -0.2) is 9.97 Å². The van der Waals surface area contributed by atoms with E-state index >= 15 is 0 Å². The topological polar surface area (TPSA) is 29.0 Å². The van der Waals surface area contributed by atoms with Crippen LogP contribution in [0.25, 0.3) is 0 Å². The van der Waals surface area contributed by atoms with Gasteiger partial charge in [-0.3, -0.25) is 0 Å². The van der Waals surface area contributed by atoms with Gasteiger partial charge in [-0.05, 0) is 76.8 Å². The predicted octanol–water partition coefficient (Wildman–Crippen LogP) is 5.28. The fourth-order valence-corrected chi connectivity index (χ4v) is 4.88. The number of aryl methyl sites for hydroxylation is 3. The lowest BCUT2D eigenvalue weighted by molar-refractivity contribution is 0.547. The van der Waals surface area contributed by atoms with Crippen LogP contribution in [-0.2, 0) is 11.8 Å². The van der Waals surface area contributed by atoms with Gasteiger partial charge in [0.05, 0.1) is 5.69 Å². The highest BCUT2D eigenvalue weighted by molar-refractivity contribution is 5.57. The second-order valence-electron chi connectivity index (χ2n) is 8.96. The Bertz CT molecular complexity index is 853. The first-order valence-corrected chi connectivity index (χ1v) is 10.6. The van der Waals surface area contributed by atoms with Gasteiger partial charge in [-0.15, -0.1) is 0 Å². The molecule has 0 N–H and O–H groups in total. The van der Waals surface area contributed by atoms with Crippen molar-refractivity contribution in [1.29, 1.82) is 0 Å². The lowest BCUT2D eigenvalue weighted by Crippen LogP contribution is -2.30. The van der Waals surface area contributed by atoms with E-state index in [0.29, 0.717) is 0 Å². The van der Waals surface area contributed by atoms with E-state index in [4.69, 9.17) is 9.97 Å². The highest BCUT2D eigenvalue weighted by Gasteiger charge is 2.41. The summed E-state index contributed by atoms with van der Waals surface area (Å²) in [5.41, 5.74) is 6.81. The third kappa shape index (κ3) is 3.37. The molecule has 1 aromatic carbocycles. The molecule has 1 atom stereocenters. The zero-order valence-electron chi connectivity index (χ0n) is 17.6. The third-order valence-corrected chi connectivity index (χ3v) is 6.44. The molecule has 0 aliphatic heterocycles. The summed E-state index contributed by atoms with van der Waals surface area (Å²) in [6.45, 7) is 13.4. The molecule has 2 aromatic rings. The van der Waals surface area contributed by atoms with E-state index in [1.807, 2.05) is 0 Å². The summed E-state index contributed by atoms with van der Waals surface area (Å²) in [6, 6.07) is 6.88. The van der Waals surface area contributed by atoms with Crippen molar-refractivity contribution in [2.45, 2.75) is 72.1 Å². The van der Waals surface area contributed by atoms with Gasteiger partial charge in [0, 0.05) is 24.1 Å². The van der Waals surface area contributed by atoms with Gasteiger partial charge < -0.3 is 4.90 Å². The van der Waals surface area contributed by atoms with Gasteiger partial charge in [0.1, 0.15) is 11.6 Å². The molecule has 0 bridgehead atoms. The average Bonchev–Trinajstić information content (AvgIpc) is 3.37. The molecule has 4 rings (SSSR count). The lowest BCUT2D eigenvalue weighted by atomic mass is 9.77. The number of hydrogen-bond donors (Lipinski definition) is 0. The Hall–Kier alpha value is -1.90. The zero-order chi connectivity index (χ0) is 19.2. The maximum absolute atomic E-state index is 5.01. The summed E-state index contributed by atoms with van der Waals surface area (Å²) in [4.78, 5) is 12.5. The van der Waals surface area contributed by atoms with Gasteiger partial charge in [0.2, 0.25) is 0 Å². The van der Waals surface area contributed by atoms with E-state index in [2.05, 4.69) is 57.7 Å². The van der Waals surface area contributed by atoms with Gasteiger partial charge >= 0.3 is 0 Å². The van der Waals surface area contributed by atoms with E-state index in [1.165, 1.54) is 53.0 Å². The number of aromatic nitrogens is 2. The average molecular weight is 364 g/mol. The van der Waals surface area contributed by atoms with E-state index in [1.54, 1.807) is 0 Å². The molecule has 1 saturated carbocycles. The Morgan fingerprint density at radius 2 is 1.93 bits per heavy atom. The monoisotopic (exact) mass is 363 g/mol. The van der Waals surface area contributed by atoms with Crippen LogP contribution in [0.4, 0.5) is 5.82 Å². The Morgan fingerprint density at radius 1 is 1.15 bits per heavy atom. The molecular formula is C24H33N3. The van der Waals surface area contributed by atoms with E-state index in [0.717, 1.165) is 37.7 Å². The number of hydrogen-bond acceptors (Lipinski definition) is 3. The summed E-state index contributed by atoms with van der Waals surface area (Å²) in [5.74, 6) is 3.01. The lowest BCUT2D eigenvalue weighted by Gasteiger charge is -2.29. The normalized spacial score (nSPS) is 21.4. The minimum Gasteiger partial charge on any atom is -0.356 e. The highest BCUT2D eigenvalue weighted by atomic mass is 15.2. The van der Waals surface area contributed by atoms with Crippen LogP contribution in [0.3, 0.4) is 0 Å². The van der Waals surface area contributed by atoms with Crippen LogP contribution in [-0.4, -0.2) is 23.1 Å². The molecule has 0 amide bonds. The van der Waals surface area contributed by atoms with Crippen LogP contribution in [0.5, 0.6) is 0 Å². The molecule has 3 heteroatoms. The van der Waals surface area contributed by atoms with Gasteiger partial charge in [-0.1, -0.05) is 30.7 Å². The second-order valence-corrected chi connectivity index (χ2v) is 8.96. The molecule has 2 aliphatic rings. The van der Waals surface area contributed by atoms with Crippen LogP contribution in [0, 0.1) is 26.7 Å². The number of fused-ring (bicyclic) bond motifs is 1. The first-order valence-electron chi connectivity index (χ1n) is 10.6. The summed E-state index contributed by atoms with van der Waals surface area (Å²) in [6.07, 6.45) is 6.14. The Kier molecular flexibility index (Phi) is 4.73.